The number of hydrogen-bond donors (Lipinski definition) is 2. The highest BCUT2D eigenvalue weighted by Gasteiger charge is 2.39. The summed E-state index contributed by atoms with van der Waals surface area (Å²) in [5.74, 6) is 0.101. The lowest BCUT2D eigenvalue weighted by Crippen LogP contribution is -2.55. The highest BCUT2D eigenvalue weighted by atomic mass is 19.4. The summed E-state index contributed by atoms with van der Waals surface area (Å²) in [6.45, 7) is 4.32. The predicted octanol–water partition coefficient (Wildman–Crippen LogP) is 3.34. The van der Waals surface area contributed by atoms with Crippen molar-refractivity contribution in [3.05, 3.63) is 65.2 Å². The van der Waals surface area contributed by atoms with Gasteiger partial charge in [0, 0.05) is 48.6 Å². The molecule has 10 nitrogen and oxygen atoms in total. The molecule has 2 atom stereocenters. The number of amides is 1. The van der Waals surface area contributed by atoms with Gasteiger partial charge in [-0.1, -0.05) is 0 Å². The van der Waals surface area contributed by atoms with Gasteiger partial charge in [0.1, 0.15) is 11.3 Å². The van der Waals surface area contributed by atoms with Gasteiger partial charge in [-0.15, -0.1) is 0 Å². The molecule has 4 heterocycles. The zero-order chi connectivity index (χ0) is 27.9. The van der Waals surface area contributed by atoms with Gasteiger partial charge in [0.15, 0.2) is 11.3 Å². The van der Waals surface area contributed by atoms with E-state index in [2.05, 4.69) is 25.2 Å². The van der Waals surface area contributed by atoms with E-state index in [1.54, 1.807) is 41.6 Å². The van der Waals surface area contributed by atoms with Crippen LogP contribution in [0.25, 0.3) is 16.9 Å². The number of benzene rings is 1. The number of alkyl halides is 3. The fourth-order valence-corrected chi connectivity index (χ4v) is 5.19. The quantitative estimate of drug-likeness (QED) is 0.384. The molecular formula is C26H28F3N7O3. The largest absolute Gasteiger partial charge is 0.497 e. The highest BCUT2D eigenvalue weighted by molar-refractivity contribution is 6.00. The zero-order valence-electron chi connectivity index (χ0n) is 21.6. The minimum Gasteiger partial charge on any atom is -0.497 e. The molecule has 3 aromatic heterocycles. The van der Waals surface area contributed by atoms with Crippen molar-refractivity contribution >= 4 is 11.6 Å². The third-order valence-electron chi connectivity index (χ3n) is 7.18. The molecule has 2 N–H and O–H groups in total. The second-order valence-electron chi connectivity index (χ2n) is 9.53. The smallest absolute Gasteiger partial charge is 0.433 e. The molecule has 0 radical (unpaired) electrons. The first-order valence-corrected chi connectivity index (χ1v) is 12.4. The Morgan fingerprint density at radius 2 is 1.97 bits per heavy atom. The van der Waals surface area contributed by atoms with E-state index in [4.69, 9.17) is 4.74 Å². The van der Waals surface area contributed by atoms with Crippen LogP contribution in [0, 0.1) is 6.92 Å². The highest BCUT2D eigenvalue weighted by Crippen LogP contribution is 2.37. The van der Waals surface area contributed by atoms with E-state index in [1.165, 1.54) is 14.0 Å². The summed E-state index contributed by atoms with van der Waals surface area (Å²) in [6, 6.07) is 5.96. The van der Waals surface area contributed by atoms with E-state index in [0.717, 1.165) is 11.8 Å². The minimum atomic E-state index is -4.73. The lowest BCUT2D eigenvalue weighted by atomic mass is 10.0. The van der Waals surface area contributed by atoms with Gasteiger partial charge >= 0.3 is 6.18 Å². The van der Waals surface area contributed by atoms with Crippen LogP contribution in [0.1, 0.15) is 40.1 Å². The summed E-state index contributed by atoms with van der Waals surface area (Å²) in [5, 5.41) is 20.6. The van der Waals surface area contributed by atoms with Crippen LogP contribution in [-0.4, -0.2) is 85.0 Å². The Labute approximate surface area is 222 Å². The molecule has 0 aliphatic carbocycles. The maximum absolute atomic E-state index is 14.3. The van der Waals surface area contributed by atoms with Crippen LogP contribution >= 0.6 is 0 Å². The molecule has 13 heteroatoms. The van der Waals surface area contributed by atoms with Gasteiger partial charge in [-0.25, -0.2) is 9.50 Å². The standard InChI is InChI=1S/C26H28F3N7O3/c1-15-13-34(21(14-37)18-10-30-31-11-18)8-9-35(15)25(38)20-12-32-36-23(26(27,28)29)16(2)22(33-24(20)36)17-4-6-19(39-3)7-5-17/h4-7,10-12,15,21,37H,8-9,13-14H2,1-3H3,(H,30,31)/t15-,21-/m1/s1. The third kappa shape index (κ3) is 4.83. The number of rotatable bonds is 6. The third-order valence-corrected chi connectivity index (χ3v) is 7.18. The van der Waals surface area contributed by atoms with Gasteiger partial charge in [-0.3, -0.25) is 14.8 Å². The fraction of sp³-hybridized carbons (Fsp3) is 0.385. The second-order valence-corrected chi connectivity index (χ2v) is 9.53. The molecule has 1 fully saturated rings. The summed E-state index contributed by atoms with van der Waals surface area (Å²) in [6.07, 6.45) is -0.217. The number of aromatic amines is 1. The number of carbonyl (C=O) groups is 1. The fourth-order valence-electron chi connectivity index (χ4n) is 5.19. The summed E-state index contributed by atoms with van der Waals surface area (Å²) >= 11 is 0. The summed E-state index contributed by atoms with van der Waals surface area (Å²) in [5.41, 5.74) is 0.138. The van der Waals surface area contributed by atoms with Gasteiger partial charge in [0.25, 0.3) is 5.91 Å². The van der Waals surface area contributed by atoms with E-state index in [9.17, 15) is 23.1 Å². The molecule has 5 rings (SSSR count). The van der Waals surface area contributed by atoms with E-state index < -0.39 is 17.8 Å². The lowest BCUT2D eigenvalue weighted by Gasteiger charge is -2.42. The average molecular weight is 544 g/mol. The van der Waals surface area contributed by atoms with Crippen molar-refractivity contribution in [2.45, 2.75) is 32.1 Å². The molecule has 1 aliphatic rings. The first-order chi connectivity index (χ1) is 18.6. The maximum Gasteiger partial charge on any atom is 0.433 e. The van der Waals surface area contributed by atoms with Gasteiger partial charge < -0.3 is 14.7 Å². The Kier molecular flexibility index (Phi) is 7.03. The Hall–Kier alpha value is -3.97. The Morgan fingerprint density at radius 3 is 2.56 bits per heavy atom. The Balaban J connectivity index is 1.50. The molecule has 1 saturated heterocycles. The van der Waals surface area contributed by atoms with Crippen molar-refractivity contribution in [3.8, 4) is 17.0 Å². The average Bonchev–Trinajstić information content (AvgIpc) is 3.58. The Morgan fingerprint density at radius 1 is 1.23 bits per heavy atom. The van der Waals surface area contributed by atoms with Crippen LogP contribution in [0.3, 0.4) is 0 Å². The number of aliphatic hydroxyl groups is 1. The van der Waals surface area contributed by atoms with Crippen LogP contribution in [0.4, 0.5) is 13.2 Å². The number of H-pyrrole nitrogens is 1. The number of piperazine rings is 1. The molecule has 39 heavy (non-hydrogen) atoms. The molecule has 0 spiro atoms. The number of carbonyl (C=O) groups excluding carboxylic acids is 1. The molecule has 1 aliphatic heterocycles. The summed E-state index contributed by atoms with van der Waals surface area (Å²) in [7, 11) is 1.50. The molecular weight excluding hydrogens is 515 g/mol. The normalized spacial score (nSPS) is 17.5. The molecule has 0 saturated carbocycles. The number of aliphatic hydroxyl groups excluding tert-OH is 1. The maximum atomic E-state index is 14.3. The molecule has 206 valence electrons. The monoisotopic (exact) mass is 543 g/mol. The summed E-state index contributed by atoms with van der Waals surface area (Å²) < 4.78 is 48.6. The van der Waals surface area contributed by atoms with Gasteiger partial charge in [0.05, 0.1) is 37.8 Å². The van der Waals surface area contributed by atoms with Crippen LogP contribution in [0.2, 0.25) is 0 Å². The number of methoxy groups -OCH3 is 1. The summed E-state index contributed by atoms with van der Waals surface area (Å²) in [4.78, 5) is 21.9. The van der Waals surface area contributed by atoms with Crippen LogP contribution in [0.5, 0.6) is 5.75 Å². The predicted molar refractivity (Wildman–Crippen MR) is 135 cm³/mol. The van der Waals surface area contributed by atoms with Gasteiger partial charge in [0.2, 0.25) is 0 Å². The van der Waals surface area contributed by atoms with Crippen LogP contribution in [0.15, 0.2) is 42.9 Å². The molecule has 4 aromatic rings. The number of ether oxygens (including phenoxy) is 1. The number of fused-ring (bicyclic) bond motifs is 1. The van der Waals surface area contributed by atoms with E-state index >= 15 is 0 Å². The van der Waals surface area contributed by atoms with E-state index in [1.807, 2.05) is 6.92 Å². The first kappa shape index (κ1) is 26.6. The van der Waals surface area contributed by atoms with E-state index in [0.29, 0.717) is 35.5 Å². The van der Waals surface area contributed by atoms with Crippen molar-refractivity contribution in [2.75, 3.05) is 33.4 Å². The Bertz CT molecular complexity index is 1470. The molecule has 0 bridgehead atoms. The zero-order valence-corrected chi connectivity index (χ0v) is 21.6. The van der Waals surface area contributed by atoms with Crippen molar-refractivity contribution < 1.29 is 27.8 Å². The van der Waals surface area contributed by atoms with Crippen LogP contribution < -0.4 is 4.74 Å². The minimum absolute atomic E-state index is 0.0101. The molecule has 0 unspecified atom stereocenters. The SMILES string of the molecule is COc1ccc(-c2nc3c(C(=O)N4CCN([C@H](CO)c5cn[nH]c5)C[C@H]4C)cnn3c(C(F)(F)F)c2C)cc1. The number of nitrogens with one attached hydrogen (secondary N) is 1. The number of halogens is 3. The van der Waals surface area contributed by atoms with Crippen molar-refractivity contribution in [1.29, 1.82) is 0 Å². The first-order valence-electron chi connectivity index (χ1n) is 12.4. The molecule has 1 amide bonds. The van der Waals surface area contributed by atoms with Crippen LogP contribution in [-0.2, 0) is 6.18 Å². The van der Waals surface area contributed by atoms with E-state index in [-0.39, 0.29) is 41.2 Å². The lowest BCUT2D eigenvalue weighted by molar-refractivity contribution is -0.143. The second kappa shape index (κ2) is 10.3. The van der Waals surface area contributed by atoms with Crippen molar-refractivity contribution in [2.24, 2.45) is 0 Å². The topological polar surface area (TPSA) is 112 Å². The van der Waals surface area contributed by atoms with Gasteiger partial charge in [-0.05, 0) is 38.1 Å². The van der Waals surface area contributed by atoms with Crippen molar-refractivity contribution in [3.63, 3.8) is 0 Å². The number of nitrogens with zero attached hydrogens (tertiary/aromatic N) is 6. The number of hydrogen-bond acceptors (Lipinski definition) is 7. The molecule has 1 aromatic carbocycles. The van der Waals surface area contributed by atoms with Gasteiger partial charge in [-0.2, -0.15) is 23.4 Å². The van der Waals surface area contributed by atoms with Crippen molar-refractivity contribution in [1.82, 2.24) is 34.6 Å². The number of aromatic nitrogens is 5.